The number of hydrogen-bond donors (Lipinski definition) is 4. The van der Waals surface area contributed by atoms with Gasteiger partial charge in [-0.2, -0.15) is 18.3 Å². The summed E-state index contributed by atoms with van der Waals surface area (Å²) >= 11 is -0.296. The number of carbonyl (C=O) groups excluding carboxylic acids is 1. The number of aromatic nitrogens is 2. The van der Waals surface area contributed by atoms with E-state index in [1.165, 1.54) is 24.7 Å². The number of benzene rings is 1. The van der Waals surface area contributed by atoms with Crippen LogP contribution in [0.2, 0.25) is 0 Å². The molecule has 0 saturated carbocycles. The largest absolute Gasteiger partial charge is 0.495 e. The van der Waals surface area contributed by atoms with Gasteiger partial charge in [-0.05, 0) is 61.0 Å². The predicted molar refractivity (Wildman–Crippen MR) is 139 cm³/mol. The molecule has 3 aromatic rings. The Labute approximate surface area is 220 Å². The van der Waals surface area contributed by atoms with Gasteiger partial charge in [-0.15, -0.1) is 0 Å². The Balaban J connectivity index is 1.62. The molecule has 1 aliphatic heterocycles. The fourth-order valence-electron chi connectivity index (χ4n) is 4.03. The van der Waals surface area contributed by atoms with E-state index in [0.717, 1.165) is 0 Å². The molecule has 0 radical (unpaired) electrons. The Morgan fingerprint density at radius 2 is 2.13 bits per heavy atom. The number of methoxy groups -OCH3 is 1. The highest BCUT2D eigenvalue weighted by Crippen LogP contribution is 2.41. The summed E-state index contributed by atoms with van der Waals surface area (Å²) in [6.45, 7) is 0.868. The van der Waals surface area contributed by atoms with Gasteiger partial charge in [-0.3, -0.25) is 4.79 Å². The SMILES string of the molecule is CNC(=O)c1ccc(OC)c(NCC#Cc2nn3c(N[C@@H]4CCNC[C@@H]4F)cccc3c2SC(F)(F)F)c1. The number of nitrogens with one attached hydrogen (secondary N) is 4. The van der Waals surface area contributed by atoms with E-state index in [9.17, 15) is 22.4 Å². The summed E-state index contributed by atoms with van der Waals surface area (Å²) < 4.78 is 61.3. The maximum atomic E-state index is 14.4. The second-order valence-electron chi connectivity index (χ2n) is 8.34. The van der Waals surface area contributed by atoms with Crippen molar-refractivity contribution in [3.05, 3.63) is 47.7 Å². The Morgan fingerprint density at radius 3 is 2.84 bits per heavy atom. The van der Waals surface area contributed by atoms with Gasteiger partial charge >= 0.3 is 5.51 Å². The van der Waals surface area contributed by atoms with E-state index in [1.54, 1.807) is 30.3 Å². The summed E-state index contributed by atoms with van der Waals surface area (Å²) in [5, 5.41) is 15.9. The molecule has 8 nitrogen and oxygen atoms in total. The van der Waals surface area contributed by atoms with Crippen molar-refractivity contribution in [2.45, 2.75) is 29.0 Å². The van der Waals surface area contributed by atoms with E-state index in [2.05, 4.69) is 38.2 Å². The zero-order valence-electron chi connectivity index (χ0n) is 20.6. The minimum absolute atomic E-state index is 0.0429. The van der Waals surface area contributed by atoms with E-state index in [1.807, 2.05) is 0 Å². The van der Waals surface area contributed by atoms with E-state index in [0.29, 0.717) is 35.8 Å². The van der Waals surface area contributed by atoms with Crippen LogP contribution in [0.15, 0.2) is 41.3 Å². The second-order valence-corrected chi connectivity index (χ2v) is 9.42. The topological polar surface area (TPSA) is 91.7 Å². The summed E-state index contributed by atoms with van der Waals surface area (Å²) in [4.78, 5) is 11.8. The predicted octanol–water partition coefficient (Wildman–Crippen LogP) is 3.89. The van der Waals surface area contributed by atoms with Crippen molar-refractivity contribution in [1.82, 2.24) is 20.2 Å². The Kier molecular flexibility index (Phi) is 8.53. The van der Waals surface area contributed by atoms with Crippen molar-refractivity contribution in [2.75, 3.05) is 44.4 Å². The molecule has 0 aliphatic carbocycles. The summed E-state index contributed by atoms with van der Waals surface area (Å²) in [5.74, 6) is 6.09. The number of ether oxygens (including phenoxy) is 1. The molecule has 3 heterocycles. The number of carbonyl (C=O) groups is 1. The highest BCUT2D eigenvalue weighted by atomic mass is 32.2. The number of alkyl halides is 4. The number of hydrogen-bond acceptors (Lipinski definition) is 7. The number of rotatable bonds is 7. The smallest absolute Gasteiger partial charge is 0.446 e. The normalized spacial score (nSPS) is 17.4. The molecule has 1 aromatic carbocycles. The maximum Gasteiger partial charge on any atom is 0.446 e. The third-order valence-electron chi connectivity index (χ3n) is 5.83. The van der Waals surface area contributed by atoms with Crippen LogP contribution in [0.5, 0.6) is 5.75 Å². The van der Waals surface area contributed by atoms with E-state index in [4.69, 9.17) is 4.74 Å². The first-order chi connectivity index (χ1) is 18.2. The molecular formula is C25H26F4N6O2S. The monoisotopic (exact) mass is 550 g/mol. The highest BCUT2D eigenvalue weighted by molar-refractivity contribution is 8.00. The van der Waals surface area contributed by atoms with Crippen molar-refractivity contribution in [3.8, 4) is 17.6 Å². The van der Waals surface area contributed by atoms with Gasteiger partial charge in [-0.25, -0.2) is 8.91 Å². The van der Waals surface area contributed by atoms with Crippen molar-refractivity contribution in [3.63, 3.8) is 0 Å². The first-order valence-corrected chi connectivity index (χ1v) is 12.5. The molecule has 4 N–H and O–H groups in total. The number of anilines is 2. The summed E-state index contributed by atoms with van der Waals surface area (Å²) in [6.07, 6.45) is -0.630. The van der Waals surface area contributed by atoms with E-state index >= 15 is 0 Å². The van der Waals surface area contributed by atoms with Gasteiger partial charge in [0.1, 0.15) is 23.4 Å². The van der Waals surface area contributed by atoms with Crippen LogP contribution < -0.4 is 26.0 Å². The first kappa shape index (κ1) is 27.4. The van der Waals surface area contributed by atoms with Crippen molar-refractivity contribution < 1.29 is 27.1 Å². The standard InChI is InChI=1S/C25H26F4N6O2S/c1-30-24(36)15-8-9-21(37-2)19(13-15)32-11-4-5-18-23(38-25(27,28)29)20-6-3-7-22(35(20)34-18)33-17-10-12-31-14-16(17)26/h3,6-9,13,16-17,31-33H,10-12,14H2,1-2H3,(H,30,36)/t16-,17+/m0/s1. The first-order valence-electron chi connectivity index (χ1n) is 11.7. The molecule has 1 aliphatic rings. The molecule has 13 heteroatoms. The minimum atomic E-state index is -4.56. The lowest BCUT2D eigenvalue weighted by molar-refractivity contribution is -0.0327. The molecule has 1 fully saturated rings. The van der Waals surface area contributed by atoms with Crippen LogP contribution in [-0.4, -0.2) is 67.0 Å². The van der Waals surface area contributed by atoms with Gasteiger partial charge in [0.15, 0.2) is 0 Å². The summed E-state index contributed by atoms with van der Waals surface area (Å²) in [5.41, 5.74) is -3.52. The van der Waals surface area contributed by atoms with E-state index < -0.39 is 17.7 Å². The third kappa shape index (κ3) is 6.43. The quantitative estimate of drug-likeness (QED) is 0.202. The van der Waals surface area contributed by atoms with E-state index in [-0.39, 0.29) is 46.9 Å². The number of pyridine rings is 1. The van der Waals surface area contributed by atoms with Gasteiger partial charge in [0.05, 0.1) is 35.8 Å². The lowest BCUT2D eigenvalue weighted by atomic mass is 10.1. The summed E-state index contributed by atoms with van der Waals surface area (Å²) in [7, 11) is 2.99. The molecule has 4 rings (SSSR count). The number of amides is 1. The fourth-order valence-corrected chi connectivity index (χ4v) is 4.71. The Bertz CT molecular complexity index is 1370. The maximum absolute atomic E-state index is 14.4. The van der Waals surface area contributed by atoms with Crippen LogP contribution in [0.25, 0.3) is 5.52 Å². The third-order valence-corrected chi connectivity index (χ3v) is 6.67. The van der Waals surface area contributed by atoms with Crippen molar-refractivity contribution in [1.29, 1.82) is 0 Å². The second kappa shape index (κ2) is 11.8. The van der Waals surface area contributed by atoms with Gasteiger partial charge in [0.2, 0.25) is 0 Å². The Hall–Kier alpha value is -3.63. The molecule has 2 atom stereocenters. The van der Waals surface area contributed by atoms with Crippen LogP contribution in [0.4, 0.5) is 29.1 Å². The van der Waals surface area contributed by atoms with Crippen LogP contribution in [-0.2, 0) is 0 Å². The lowest BCUT2D eigenvalue weighted by Crippen LogP contribution is -2.45. The van der Waals surface area contributed by atoms with Crippen molar-refractivity contribution >= 4 is 34.7 Å². The zero-order valence-corrected chi connectivity index (χ0v) is 21.4. The minimum Gasteiger partial charge on any atom is -0.495 e. The number of nitrogens with zero attached hydrogens (tertiary/aromatic N) is 2. The lowest BCUT2D eigenvalue weighted by Gasteiger charge is -2.28. The van der Waals surface area contributed by atoms with Crippen LogP contribution in [0.3, 0.4) is 0 Å². The molecule has 202 valence electrons. The molecule has 2 aromatic heterocycles. The average Bonchev–Trinajstić information content (AvgIpc) is 3.24. The molecule has 38 heavy (non-hydrogen) atoms. The van der Waals surface area contributed by atoms with Crippen molar-refractivity contribution in [2.24, 2.45) is 0 Å². The molecule has 1 amide bonds. The molecular weight excluding hydrogens is 524 g/mol. The Morgan fingerprint density at radius 1 is 1.32 bits per heavy atom. The number of piperidine rings is 1. The highest BCUT2D eigenvalue weighted by Gasteiger charge is 2.33. The van der Waals surface area contributed by atoms with Crippen LogP contribution in [0, 0.1) is 11.8 Å². The average molecular weight is 551 g/mol. The van der Waals surface area contributed by atoms with Gasteiger partial charge in [-0.1, -0.05) is 12.0 Å². The zero-order chi connectivity index (χ0) is 27.3. The number of halogens is 4. The van der Waals surface area contributed by atoms with Gasteiger partial charge in [0.25, 0.3) is 5.91 Å². The molecule has 0 unspecified atom stereocenters. The number of fused-ring (bicyclic) bond motifs is 1. The van der Waals surface area contributed by atoms with Gasteiger partial charge in [0, 0.05) is 19.2 Å². The van der Waals surface area contributed by atoms with Crippen LogP contribution in [0.1, 0.15) is 22.5 Å². The van der Waals surface area contributed by atoms with Crippen LogP contribution >= 0.6 is 11.8 Å². The van der Waals surface area contributed by atoms with Gasteiger partial charge < -0.3 is 26.0 Å². The molecule has 1 saturated heterocycles. The fraction of sp³-hybridized carbons (Fsp3) is 0.360. The summed E-state index contributed by atoms with van der Waals surface area (Å²) in [6, 6.07) is 9.07. The molecule has 0 spiro atoms. The number of thioether (sulfide) groups is 1. The molecule has 0 bridgehead atoms.